The SMILES string of the molecule is COn1c(=O)c(-c2c(F)cccc2I)cc2cnc(Nc3cc(C(=O)N(C)CCO)n(C)c3)nc21. The van der Waals surface area contributed by atoms with E-state index < -0.39 is 11.4 Å². The Kier molecular flexibility index (Phi) is 7.03. The Labute approximate surface area is 213 Å². The fourth-order valence-electron chi connectivity index (χ4n) is 3.65. The van der Waals surface area contributed by atoms with Gasteiger partial charge in [0.15, 0.2) is 5.65 Å². The number of carbonyl (C=O) groups excluding carboxylic acids is 1. The highest BCUT2D eigenvalue weighted by molar-refractivity contribution is 14.1. The molecule has 4 rings (SSSR count). The van der Waals surface area contributed by atoms with Gasteiger partial charge in [-0.25, -0.2) is 9.37 Å². The lowest BCUT2D eigenvalue weighted by atomic mass is 10.1. The molecule has 0 radical (unpaired) electrons. The van der Waals surface area contributed by atoms with Gasteiger partial charge in [0, 0.05) is 47.6 Å². The number of aliphatic hydroxyl groups is 1. The number of likely N-dealkylation sites (N-methyl/N-ethyl adjacent to an activating group) is 1. The van der Waals surface area contributed by atoms with Crippen molar-refractivity contribution in [3.05, 3.63) is 68.2 Å². The van der Waals surface area contributed by atoms with Crippen molar-refractivity contribution in [3.63, 3.8) is 0 Å². The minimum absolute atomic E-state index is 0.129. The number of aliphatic hydroxyl groups excluding tert-OH is 1. The van der Waals surface area contributed by atoms with Gasteiger partial charge in [0.05, 0.1) is 17.9 Å². The number of amides is 1. The topological polar surface area (TPSA) is 115 Å². The smallest absolute Gasteiger partial charge is 0.293 e. The number of halogens is 2. The molecule has 0 saturated heterocycles. The molecule has 2 N–H and O–H groups in total. The highest BCUT2D eigenvalue weighted by Crippen LogP contribution is 2.28. The highest BCUT2D eigenvalue weighted by Gasteiger charge is 2.20. The van der Waals surface area contributed by atoms with Crippen LogP contribution in [0.1, 0.15) is 10.5 Å². The number of aryl methyl sites for hydroxylation is 1. The predicted molar refractivity (Wildman–Crippen MR) is 137 cm³/mol. The Morgan fingerprint density at radius 1 is 1.34 bits per heavy atom. The second-order valence-corrected chi connectivity index (χ2v) is 8.87. The monoisotopic (exact) mass is 592 g/mol. The van der Waals surface area contributed by atoms with Crippen LogP contribution in [0.15, 0.2) is 47.5 Å². The number of hydrogen-bond acceptors (Lipinski definition) is 7. The van der Waals surface area contributed by atoms with Crippen molar-refractivity contribution >= 4 is 51.2 Å². The molecule has 1 aromatic carbocycles. The number of hydrogen-bond donors (Lipinski definition) is 2. The van der Waals surface area contributed by atoms with Gasteiger partial charge in [0.2, 0.25) is 5.95 Å². The van der Waals surface area contributed by atoms with Gasteiger partial charge in [-0.1, -0.05) is 6.07 Å². The van der Waals surface area contributed by atoms with Gasteiger partial charge in [-0.05, 0) is 46.9 Å². The maximum Gasteiger partial charge on any atom is 0.293 e. The number of fused-ring (bicyclic) bond motifs is 1. The summed E-state index contributed by atoms with van der Waals surface area (Å²) in [7, 11) is 4.65. The minimum atomic E-state index is -0.563. The molecule has 182 valence electrons. The number of nitrogens with one attached hydrogen (secondary N) is 1. The maximum absolute atomic E-state index is 14.6. The summed E-state index contributed by atoms with van der Waals surface area (Å²) in [6.07, 6.45) is 3.20. The summed E-state index contributed by atoms with van der Waals surface area (Å²) in [6, 6.07) is 7.75. The first kappa shape index (κ1) is 24.6. The molecular formula is C23H22FIN6O4. The lowest BCUT2D eigenvalue weighted by Crippen LogP contribution is -2.30. The summed E-state index contributed by atoms with van der Waals surface area (Å²) in [5.74, 6) is -0.601. The number of rotatable bonds is 7. The molecule has 10 nitrogen and oxygen atoms in total. The first-order chi connectivity index (χ1) is 16.7. The maximum atomic E-state index is 14.6. The Balaban J connectivity index is 1.73. The average Bonchev–Trinajstić information content (AvgIpc) is 3.18. The summed E-state index contributed by atoms with van der Waals surface area (Å²) in [5.41, 5.74) is 0.899. The summed E-state index contributed by atoms with van der Waals surface area (Å²) in [6.45, 7) is 0.0741. The highest BCUT2D eigenvalue weighted by atomic mass is 127. The quantitative estimate of drug-likeness (QED) is 0.317. The predicted octanol–water partition coefficient (Wildman–Crippen LogP) is 2.41. The van der Waals surface area contributed by atoms with Gasteiger partial charge >= 0.3 is 0 Å². The van der Waals surface area contributed by atoms with E-state index in [0.717, 1.165) is 4.73 Å². The summed E-state index contributed by atoms with van der Waals surface area (Å²) < 4.78 is 17.8. The van der Waals surface area contributed by atoms with Crippen molar-refractivity contribution in [2.45, 2.75) is 0 Å². The number of aromatic nitrogens is 4. The molecule has 3 heterocycles. The van der Waals surface area contributed by atoms with Crippen molar-refractivity contribution in [1.29, 1.82) is 0 Å². The Bertz CT molecular complexity index is 1460. The van der Waals surface area contributed by atoms with E-state index >= 15 is 0 Å². The lowest BCUT2D eigenvalue weighted by molar-refractivity contribution is 0.0757. The van der Waals surface area contributed by atoms with Crippen LogP contribution in [0.25, 0.3) is 22.2 Å². The number of pyridine rings is 1. The zero-order chi connectivity index (χ0) is 25.3. The number of benzene rings is 1. The molecule has 3 aromatic heterocycles. The van der Waals surface area contributed by atoms with Crippen LogP contribution in [0.3, 0.4) is 0 Å². The summed E-state index contributed by atoms with van der Waals surface area (Å²) in [4.78, 5) is 41.2. The third-order valence-corrected chi connectivity index (χ3v) is 6.28. The molecule has 0 aliphatic carbocycles. The van der Waals surface area contributed by atoms with E-state index in [9.17, 15) is 14.0 Å². The third kappa shape index (κ3) is 4.71. The molecule has 12 heteroatoms. The number of carbonyl (C=O) groups is 1. The van der Waals surface area contributed by atoms with Crippen molar-refractivity contribution in [1.82, 2.24) is 24.2 Å². The molecule has 35 heavy (non-hydrogen) atoms. The van der Waals surface area contributed by atoms with E-state index in [-0.39, 0.29) is 41.8 Å². The van der Waals surface area contributed by atoms with E-state index in [1.54, 1.807) is 43.1 Å². The van der Waals surface area contributed by atoms with Gasteiger partial charge in [-0.3, -0.25) is 9.59 Å². The van der Waals surface area contributed by atoms with E-state index in [0.29, 0.717) is 20.3 Å². The molecular weight excluding hydrogens is 570 g/mol. The van der Waals surface area contributed by atoms with Gasteiger partial charge in [-0.2, -0.15) is 4.98 Å². The zero-order valence-electron chi connectivity index (χ0n) is 19.1. The fraction of sp³-hybridized carbons (Fsp3) is 0.217. The first-order valence-corrected chi connectivity index (χ1v) is 11.5. The van der Waals surface area contributed by atoms with Crippen LogP contribution in [0, 0.1) is 9.39 Å². The van der Waals surface area contributed by atoms with E-state index in [1.807, 2.05) is 22.6 Å². The van der Waals surface area contributed by atoms with Crippen LogP contribution in [0.5, 0.6) is 0 Å². The van der Waals surface area contributed by atoms with Crippen molar-refractivity contribution < 1.29 is 19.1 Å². The van der Waals surface area contributed by atoms with Gasteiger partial charge < -0.3 is 24.7 Å². The summed E-state index contributed by atoms with van der Waals surface area (Å²) >= 11 is 1.98. The normalized spacial score (nSPS) is 11.0. The van der Waals surface area contributed by atoms with Crippen molar-refractivity contribution in [3.8, 4) is 11.1 Å². The first-order valence-electron chi connectivity index (χ1n) is 10.5. The molecule has 0 unspecified atom stereocenters. The summed E-state index contributed by atoms with van der Waals surface area (Å²) in [5, 5.41) is 12.6. The largest absolute Gasteiger partial charge is 0.412 e. The second-order valence-electron chi connectivity index (χ2n) is 7.71. The standard InChI is InChI=1S/C23H22FIN6O4/c1-29(7-8-32)22(34)18-10-14(12-30(18)2)27-23-26-11-13-9-15(19-16(24)5-4-6-17(19)25)21(33)31(35-3)20(13)28-23/h4-6,9-12,32H,7-8H2,1-3H3,(H,26,27,28). The zero-order valence-corrected chi connectivity index (χ0v) is 21.3. The minimum Gasteiger partial charge on any atom is -0.412 e. The molecule has 0 spiro atoms. The molecule has 4 aromatic rings. The van der Waals surface area contributed by atoms with Crippen molar-refractivity contribution in [2.24, 2.45) is 7.05 Å². The molecule has 0 fully saturated rings. The van der Waals surface area contributed by atoms with Crippen LogP contribution >= 0.6 is 22.6 Å². The average molecular weight is 592 g/mol. The molecule has 1 amide bonds. The van der Waals surface area contributed by atoms with Crippen LogP contribution in [-0.2, 0) is 7.05 Å². The van der Waals surface area contributed by atoms with E-state index in [1.165, 1.54) is 30.3 Å². The van der Waals surface area contributed by atoms with Gasteiger partial charge in [-0.15, -0.1) is 4.73 Å². The number of nitrogens with zero attached hydrogens (tertiary/aromatic N) is 5. The molecule has 0 saturated carbocycles. The van der Waals surface area contributed by atoms with E-state index in [4.69, 9.17) is 9.94 Å². The van der Waals surface area contributed by atoms with Crippen LogP contribution in [0.2, 0.25) is 0 Å². The Morgan fingerprint density at radius 2 is 2.11 bits per heavy atom. The Morgan fingerprint density at radius 3 is 2.80 bits per heavy atom. The molecule has 0 aliphatic rings. The fourth-order valence-corrected chi connectivity index (χ4v) is 4.41. The van der Waals surface area contributed by atoms with Gasteiger partial charge in [0.1, 0.15) is 18.6 Å². The number of anilines is 2. The lowest BCUT2D eigenvalue weighted by Gasteiger charge is -2.15. The third-order valence-electron chi connectivity index (χ3n) is 5.38. The Hall–Kier alpha value is -3.52. The van der Waals surface area contributed by atoms with E-state index in [2.05, 4.69) is 15.3 Å². The van der Waals surface area contributed by atoms with Crippen LogP contribution in [0.4, 0.5) is 16.0 Å². The molecule has 0 bridgehead atoms. The van der Waals surface area contributed by atoms with Crippen molar-refractivity contribution in [2.75, 3.05) is 32.6 Å². The van der Waals surface area contributed by atoms with Gasteiger partial charge in [0.25, 0.3) is 11.5 Å². The molecule has 0 aliphatic heterocycles. The van der Waals surface area contributed by atoms with Crippen LogP contribution in [-0.4, -0.2) is 62.5 Å². The molecule has 0 atom stereocenters. The second kappa shape index (κ2) is 10.00. The van der Waals surface area contributed by atoms with Crippen LogP contribution < -0.4 is 15.7 Å².